The van der Waals surface area contributed by atoms with Crippen molar-refractivity contribution in [3.05, 3.63) is 24.2 Å². The van der Waals surface area contributed by atoms with Crippen LogP contribution in [0.15, 0.2) is 22.8 Å². The van der Waals surface area contributed by atoms with E-state index in [4.69, 9.17) is 4.42 Å². The Morgan fingerprint density at radius 3 is 3.07 bits per heavy atom. The molecule has 0 aromatic carbocycles. The average molecular weight is 208 g/mol. The van der Waals surface area contributed by atoms with Gasteiger partial charge in [0.15, 0.2) is 0 Å². The number of amides is 1. The maximum Gasteiger partial charge on any atom is 0.234 e. The van der Waals surface area contributed by atoms with Crippen LogP contribution in [0.4, 0.5) is 0 Å². The Morgan fingerprint density at radius 2 is 2.47 bits per heavy atom. The van der Waals surface area contributed by atoms with Crippen molar-refractivity contribution in [1.29, 1.82) is 0 Å². The highest BCUT2D eigenvalue weighted by Gasteiger charge is 2.23. The first kappa shape index (κ1) is 10.2. The number of carbonyl (C=O) groups is 1. The van der Waals surface area contributed by atoms with Gasteiger partial charge in [0.1, 0.15) is 5.76 Å². The minimum Gasteiger partial charge on any atom is -0.468 e. The van der Waals surface area contributed by atoms with E-state index in [1.165, 1.54) is 0 Å². The summed E-state index contributed by atoms with van der Waals surface area (Å²) in [5.74, 6) is 0.921. The predicted molar refractivity (Wildman–Crippen MR) is 56.3 cm³/mol. The fourth-order valence-electron chi connectivity index (χ4n) is 1.39. The van der Waals surface area contributed by atoms with Gasteiger partial charge in [0.2, 0.25) is 5.91 Å². The molecule has 1 atom stereocenters. The maximum absolute atomic E-state index is 11.4. The number of nitrogens with one attached hydrogen (secondary N) is 2. The number of hydrogen-bond donors (Lipinski definition) is 2. The molecule has 4 nitrogen and oxygen atoms in total. The summed E-state index contributed by atoms with van der Waals surface area (Å²) < 4.78 is 5.23. The normalized spacial score (nSPS) is 17.4. The fourth-order valence-corrected chi connectivity index (χ4v) is 1.39. The number of carbonyl (C=O) groups excluding carboxylic acids is 1. The lowest BCUT2D eigenvalue weighted by Gasteiger charge is -2.10. The molecule has 0 aliphatic heterocycles. The molecule has 82 valence electrons. The van der Waals surface area contributed by atoms with Crippen LogP contribution in [0.5, 0.6) is 0 Å². The average Bonchev–Trinajstić information content (AvgIpc) is 2.86. The molecule has 0 bridgehead atoms. The lowest BCUT2D eigenvalue weighted by Crippen LogP contribution is -2.36. The minimum absolute atomic E-state index is 0.0657. The second-order valence-corrected chi connectivity index (χ2v) is 3.96. The van der Waals surface area contributed by atoms with Gasteiger partial charge < -0.3 is 9.73 Å². The van der Waals surface area contributed by atoms with Gasteiger partial charge in [-0.1, -0.05) is 0 Å². The standard InChI is InChI=1S/C11H16N2O2/c1-8(10-3-2-6-15-10)12-7-11(14)13-9-4-5-9/h2-3,6,8-9,12H,4-5,7H2,1H3,(H,13,14). The zero-order chi connectivity index (χ0) is 10.7. The Kier molecular flexibility index (Phi) is 3.06. The van der Waals surface area contributed by atoms with Crippen molar-refractivity contribution in [1.82, 2.24) is 10.6 Å². The first-order valence-corrected chi connectivity index (χ1v) is 5.32. The molecule has 1 amide bonds. The molecule has 1 heterocycles. The Morgan fingerprint density at radius 1 is 1.67 bits per heavy atom. The Hall–Kier alpha value is -1.29. The van der Waals surface area contributed by atoms with Gasteiger partial charge in [-0.15, -0.1) is 0 Å². The molecule has 1 fully saturated rings. The molecule has 1 saturated carbocycles. The third-order valence-electron chi connectivity index (χ3n) is 2.48. The van der Waals surface area contributed by atoms with Gasteiger partial charge in [-0.3, -0.25) is 10.1 Å². The van der Waals surface area contributed by atoms with Crippen molar-refractivity contribution < 1.29 is 9.21 Å². The Labute approximate surface area is 89.0 Å². The summed E-state index contributed by atoms with van der Waals surface area (Å²) in [4.78, 5) is 11.4. The van der Waals surface area contributed by atoms with Crippen molar-refractivity contribution in [2.45, 2.75) is 31.8 Å². The highest BCUT2D eigenvalue weighted by atomic mass is 16.3. The van der Waals surface area contributed by atoms with Crippen LogP contribution in [0.1, 0.15) is 31.6 Å². The zero-order valence-electron chi connectivity index (χ0n) is 8.82. The Bertz CT molecular complexity index is 317. The molecule has 0 spiro atoms. The van der Waals surface area contributed by atoms with E-state index >= 15 is 0 Å². The monoisotopic (exact) mass is 208 g/mol. The number of hydrogen-bond acceptors (Lipinski definition) is 3. The van der Waals surface area contributed by atoms with Gasteiger partial charge in [0, 0.05) is 6.04 Å². The van der Waals surface area contributed by atoms with Gasteiger partial charge in [-0.2, -0.15) is 0 Å². The lowest BCUT2D eigenvalue weighted by molar-refractivity contribution is -0.120. The van der Waals surface area contributed by atoms with Crippen molar-refractivity contribution in [2.24, 2.45) is 0 Å². The van der Waals surface area contributed by atoms with Crippen LogP contribution >= 0.6 is 0 Å². The van der Waals surface area contributed by atoms with Gasteiger partial charge in [-0.05, 0) is 31.9 Å². The molecule has 15 heavy (non-hydrogen) atoms. The molecule has 2 N–H and O–H groups in total. The second-order valence-electron chi connectivity index (χ2n) is 3.96. The molecule has 1 unspecified atom stereocenters. The molecule has 1 aliphatic carbocycles. The predicted octanol–water partition coefficient (Wildman–Crippen LogP) is 1.21. The minimum atomic E-state index is 0.0657. The van der Waals surface area contributed by atoms with Crippen LogP contribution in [0.3, 0.4) is 0 Å². The van der Waals surface area contributed by atoms with Crippen molar-refractivity contribution in [3.8, 4) is 0 Å². The third kappa shape index (κ3) is 3.09. The first-order valence-electron chi connectivity index (χ1n) is 5.32. The summed E-state index contributed by atoms with van der Waals surface area (Å²) >= 11 is 0. The van der Waals surface area contributed by atoms with E-state index in [-0.39, 0.29) is 11.9 Å². The van der Waals surface area contributed by atoms with E-state index < -0.39 is 0 Å². The molecule has 0 saturated heterocycles. The van der Waals surface area contributed by atoms with E-state index in [1.807, 2.05) is 19.1 Å². The summed E-state index contributed by atoms with van der Waals surface area (Å²) in [6.07, 6.45) is 3.89. The van der Waals surface area contributed by atoms with Gasteiger partial charge in [0.25, 0.3) is 0 Å². The topological polar surface area (TPSA) is 54.3 Å². The van der Waals surface area contributed by atoms with Crippen LogP contribution in [0.25, 0.3) is 0 Å². The van der Waals surface area contributed by atoms with Crippen LogP contribution in [-0.4, -0.2) is 18.5 Å². The molecule has 2 rings (SSSR count). The van der Waals surface area contributed by atoms with E-state index in [0.717, 1.165) is 18.6 Å². The highest BCUT2D eigenvalue weighted by molar-refractivity contribution is 5.78. The summed E-state index contributed by atoms with van der Waals surface area (Å²) in [6.45, 7) is 2.32. The fraction of sp³-hybridized carbons (Fsp3) is 0.545. The number of furan rings is 1. The van der Waals surface area contributed by atoms with Crippen LogP contribution in [-0.2, 0) is 4.79 Å². The summed E-state index contributed by atoms with van der Waals surface area (Å²) in [5, 5.41) is 6.03. The molecule has 1 aromatic heterocycles. The molecule has 1 aromatic rings. The summed E-state index contributed by atoms with van der Waals surface area (Å²) in [5.41, 5.74) is 0. The largest absolute Gasteiger partial charge is 0.468 e. The second kappa shape index (κ2) is 4.49. The van der Waals surface area contributed by atoms with Gasteiger partial charge in [-0.25, -0.2) is 0 Å². The first-order chi connectivity index (χ1) is 7.25. The van der Waals surface area contributed by atoms with E-state index in [9.17, 15) is 4.79 Å². The van der Waals surface area contributed by atoms with Crippen LogP contribution in [0, 0.1) is 0 Å². The molecule has 1 aliphatic rings. The summed E-state index contributed by atoms with van der Waals surface area (Å²) in [7, 11) is 0. The van der Waals surface area contributed by atoms with Gasteiger partial charge in [0.05, 0.1) is 18.8 Å². The van der Waals surface area contributed by atoms with Crippen molar-refractivity contribution in [3.63, 3.8) is 0 Å². The Balaban J connectivity index is 1.70. The van der Waals surface area contributed by atoms with Crippen molar-refractivity contribution >= 4 is 5.91 Å². The maximum atomic E-state index is 11.4. The van der Waals surface area contributed by atoms with Crippen LogP contribution in [0.2, 0.25) is 0 Å². The zero-order valence-corrected chi connectivity index (χ0v) is 8.82. The molecule has 4 heteroatoms. The summed E-state index contributed by atoms with van der Waals surface area (Å²) in [6, 6.07) is 4.25. The SMILES string of the molecule is CC(NCC(=O)NC1CC1)c1ccco1. The smallest absolute Gasteiger partial charge is 0.234 e. The lowest BCUT2D eigenvalue weighted by atomic mass is 10.2. The van der Waals surface area contributed by atoms with Gasteiger partial charge >= 0.3 is 0 Å². The van der Waals surface area contributed by atoms with E-state index in [1.54, 1.807) is 6.26 Å². The molecular weight excluding hydrogens is 192 g/mol. The molecule has 0 radical (unpaired) electrons. The quantitative estimate of drug-likeness (QED) is 0.764. The number of rotatable bonds is 5. The van der Waals surface area contributed by atoms with E-state index in [2.05, 4.69) is 10.6 Å². The van der Waals surface area contributed by atoms with Crippen LogP contribution < -0.4 is 10.6 Å². The van der Waals surface area contributed by atoms with Crippen molar-refractivity contribution in [2.75, 3.05) is 6.54 Å². The van der Waals surface area contributed by atoms with E-state index in [0.29, 0.717) is 12.6 Å². The molecular formula is C11H16N2O2. The highest BCUT2D eigenvalue weighted by Crippen LogP contribution is 2.18. The third-order valence-corrected chi connectivity index (χ3v) is 2.48.